The number of hydrogen-bond acceptors (Lipinski definition) is 6. The van der Waals surface area contributed by atoms with E-state index in [0.29, 0.717) is 28.1 Å². The standard InChI is InChI=1S/C24H21F2N5O3S/c1-2-7-35(33,34)31-21-19(25)6-5-16(20(21)26)22(32)18-12-30-24-17(18)8-14(9-29-24)15-10-27-23(28-11-15)13-3-4-13/h5-6,8-13,31H,2-4,7H2,1H3,(H,29,30). The van der Waals surface area contributed by atoms with Crippen molar-refractivity contribution in [1.82, 2.24) is 19.9 Å². The molecule has 2 N–H and O–H groups in total. The van der Waals surface area contributed by atoms with Crippen LogP contribution in [0.2, 0.25) is 0 Å². The molecule has 1 aliphatic rings. The number of halogens is 2. The van der Waals surface area contributed by atoms with E-state index >= 15 is 4.39 Å². The van der Waals surface area contributed by atoms with E-state index in [1.165, 1.54) is 6.20 Å². The van der Waals surface area contributed by atoms with Crippen molar-refractivity contribution in [2.75, 3.05) is 10.5 Å². The summed E-state index contributed by atoms with van der Waals surface area (Å²) in [4.78, 5) is 29.3. The number of ketones is 1. The maximum atomic E-state index is 15.2. The summed E-state index contributed by atoms with van der Waals surface area (Å²) in [6.45, 7) is 1.62. The number of carbonyl (C=O) groups excluding carboxylic acids is 1. The van der Waals surface area contributed by atoms with Crippen LogP contribution in [0.4, 0.5) is 14.5 Å². The van der Waals surface area contributed by atoms with Crippen LogP contribution >= 0.6 is 0 Å². The first kappa shape index (κ1) is 23.0. The van der Waals surface area contributed by atoms with Gasteiger partial charge in [-0.15, -0.1) is 0 Å². The number of nitrogens with one attached hydrogen (secondary N) is 2. The van der Waals surface area contributed by atoms with E-state index in [1.54, 1.807) is 31.6 Å². The lowest BCUT2D eigenvalue weighted by molar-refractivity contribution is 0.103. The molecule has 0 amide bonds. The number of rotatable bonds is 8. The summed E-state index contributed by atoms with van der Waals surface area (Å²) in [6, 6.07) is 3.57. The van der Waals surface area contributed by atoms with Crippen LogP contribution in [0.5, 0.6) is 0 Å². The van der Waals surface area contributed by atoms with Crippen molar-refractivity contribution < 1.29 is 22.0 Å². The van der Waals surface area contributed by atoms with E-state index in [4.69, 9.17) is 0 Å². The molecule has 5 rings (SSSR count). The largest absolute Gasteiger partial charge is 0.345 e. The summed E-state index contributed by atoms with van der Waals surface area (Å²) >= 11 is 0. The minimum Gasteiger partial charge on any atom is -0.345 e. The van der Waals surface area contributed by atoms with Gasteiger partial charge in [0.25, 0.3) is 0 Å². The highest BCUT2D eigenvalue weighted by Gasteiger charge is 2.27. The molecule has 1 saturated carbocycles. The predicted molar refractivity (Wildman–Crippen MR) is 127 cm³/mol. The Morgan fingerprint density at radius 1 is 1.09 bits per heavy atom. The summed E-state index contributed by atoms with van der Waals surface area (Å²) in [5, 5.41) is 0.426. The molecule has 0 radical (unpaired) electrons. The first-order chi connectivity index (χ1) is 16.8. The van der Waals surface area contributed by atoms with Crippen molar-refractivity contribution >= 4 is 32.5 Å². The van der Waals surface area contributed by atoms with E-state index < -0.39 is 38.7 Å². The molecule has 0 spiro atoms. The lowest BCUT2D eigenvalue weighted by atomic mass is 10.0. The topological polar surface area (TPSA) is 118 Å². The molecule has 1 fully saturated rings. The van der Waals surface area contributed by atoms with Crippen LogP contribution in [-0.2, 0) is 10.0 Å². The first-order valence-corrected chi connectivity index (χ1v) is 12.7. The van der Waals surface area contributed by atoms with Crippen LogP contribution in [0.1, 0.15) is 53.8 Å². The third-order valence-electron chi connectivity index (χ3n) is 5.79. The van der Waals surface area contributed by atoms with Gasteiger partial charge in [-0.3, -0.25) is 9.52 Å². The number of hydrogen-bond donors (Lipinski definition) is 2. The summed E-state index contributed by atoms with van der Waals surface area (Å²) < 4.78 is 55.5. The molecule has 8 nitrogen and oxygen atoms in total. The normalized spacial score (nSPS) is 13.8. The van der Waals surface area contributed by atoms with Gasteiger partial charge in [0.2, 0.25) is 10.0 Å². The van der Waals surface area contributed by atoms with Crippen LogP contribution in [0.3, 0.4) is 0 Å². The fraction of sp³-hybridized carbons (Fsp3) is 0.250. The van der Waals surface area contributed by atoms with Crippen LogP contribution in [0, 0.1) is 11.6 Å². The highest BCUT2D eigenvalue weighted by molar-refractivity contribution is 7.92. The number of sulfonamides is 1. The third kappa shape index (κ3) is 4.51. The predicted octanol–water partition coefficient (Wildman–Crippen LogP) is 4.56. The zero-order chi connectivity index (χ0) is 24.7. The highest BCUT2D eigenvalue weighted by Crippen LogP contribution is 2.38. The monoisotopic (exact) mass is 497 g/mol. The Morgan fingerprint density at radius 2 is 1.80 bits per heavy atom. The average Bonchev–Trinajstić information content (AvgIpc) is 3.60. The Kier molecular flexibility index (Phi) is 5.79. The van der Waals surface area contributed by atoms with E-state index in [0.717, 1.165) is 30.8 Å². The van der Waals surface area contributed by atoms with Crippen molar-refractivity contribution in [2.45, 2.75) is 32.1 Å². The van der Waals surface area contributed by atoms with Gasteiger partial charge >= 0.3 is 0 Å². The van der Waals surface area contributed by atoms with Crippen molar-refractivity contribution in [2.24, 2.45) is 0 Å². The summed E-state index contributed by atoms with van der Waals surface area (Å²) in [5.74, 6) is -2.23. The Balaban J connectivity index is 1.51. The fourth-order valence-electron chi connectivity index (χ4n) is 3.83. The molecule has 0 aliphatic heterocycles. The molecular weight excluding hydrogens is 476 g/mol. The second-order valence-electron chi connectivity index (χ2n) is 8.46. The zero-order valence-electron chi connectivity index (χ0n) is 18.7. The number of anilines is 1. The second-order valence-corrected chi connectivity index (χ2v) is 10.3. The van der Waals surface area contributed by atoms with Gasteiger partial charge in [-0.2, -0.15) is 0 Å². The van der Waals surface area contributed by atoms with Crippen LogP contribution in [-0.4, -0.2) is 39.9 Å². The van der Waals surface area contributed by atoms with Crippen LogP contribution in [0.25, 0.3) is 22.2 Å². The first-order valence-electron chi connectivity index (χ1n) is 11.1. The number of fused-ring (bicyclic) bond motifs is 1. The number of pyridine rings is 1. The zero-order valence-corrected chi connectivity index (χ0v) is 19.5. The molecule has 0 saturated heterocycles. The number of H-pyrrole nitrogens is 1. The van der Waals surface area contributed by atoms with Crippen LogP contribution in [0.15, 0.2) is 43.0 Å². The SMILES string of the molecule is CCCS(=O)(=O)Nc1c(F)ccc(C(=O)c2c[nH]c3ncc(-c4cnc(C5CC5)nc4)cc23)c1F. The van der Waals surface area contributed by atoms with Gasteiger partial charge in [0.05, 0.1) is 11.3 Å². The summed E-state index contributed by atoms with van der Waals surface area (Å²) in [5.41, 5.74) is 0.543. The Hall–Kier alpha value is -3.73. The molecule has 0 atom stereocenters. The Bertz CT molecular complexity index is 1550. The number of benzene rings is 1. The van der Waals surface area contributed by atoms with Crippen molar-refractivity contribution in [1.29, 1.82) is 0 Å². The summed E-state index contributed by atoms with van der Waals surface area (Å²) in [7, 11) is -3.97. The maximum absolute atomic E-state index is 15.2. The lowest BCUT2D eigenvalue weighted by Gasteiger charge is -2.11. The highest BCUT2D eigenvalue weighted by atomic mass is 32.2. The van der Waals surface area contributed by atoms with Gasteiger partial charge in [0, 0.05) is 52.8 Å². The second kappa shape index (κ2) is 8.81. The van der Waals surface area contributed by atoms with Crippen LogP contribution < -0.4 is 4.72 Å². The maximum Gasteiger partial charge on any atom is 0.232 e. The van der Waals surface area contributed by atoms with Gasteiger partial charge in [0.15, 0.2) is 11.6 Å². The number of aromatic amines is 1. The summed E-state index contributed by atoms with van der Waals surface area (Å²) in [6.07, 6.45) is 8.84. The molecule has 1 aromatic carbocycles. The molecule has 180 valence electrons. The average molecular weight is 498 g/mol. The van der Waals surface area contributed by atoms with Gasteiger partial charge in [-0.1, -0.05) is 6.92 Å². The molecule has 3 heterocycles. The molecular formula is C24H21F2N5O3S. The fourth-order valence-corrected chi connectivity index (χ4v) is 4.97. The minimum absolute atomic E-state index is 0.109. The minimum atomic E-state index is -3.97. The Morgan fingerprint density at radius 3 is 2.49 bits per heavy atom. The molecule has 4 aromatic rings. The molecule has 3 aromatic heterocycles. The lowest BCUT2D eigenvalue weighted by Crippen LogP contribution is -2.19. The van der Waals surface area contributed by atoms with Gasteiger partial charge < -0.3 is 4.98 Å². The molecule has 1 aliphatic carbocycles. The van der Waals surface area contributed by atoms with E-state index in [9.17, 15) is 17.6 Å². The number of nitrogens with zero attached hydrogens (tertiary/aromatic N) is 3. The van der Waals surface area contributed by atoms with Crippen molar-refractivity contribution in [3.8, 4) is 11.1 Å². The van der Waals surface area contributed by atoms with E-state index in [-0.39, 0.29) is 17.7 Å². The number of aromatic nitrogens is 4. The smallest absolute Gasteiger partial charge is 0.232 e. The molecule has 35 heavy (non-hydrogen) atoms. The quantitative estimate of drug-likeness (QED) is 0.345. The Labute approximate surface area is 199 Å². The van der Waals surface area contributed by atoms with E-state index in [1.807, 2.05) is 4.72 Å². The third-order valence-corrected chi connectivity index (χ3v) is 7.25. The van der Waals surface area contributed by atoms with Gasteiger partial charge in [0.1, 0.15) is 23.0 Å². The molecule has 11 heteroatoms. The van der Waals surface area contributed by atoms with Crippen molar-refractivity contribution in [3.63, 3.8) is 0 Å². The van der Waals surface area contributed by atoms with Gasteiger partial charge in [-0.25, -0.2) is 32.2 Å². The van der Waals surface area contributed by atoms with Gasteiger partial charge in [-0.05, 0) is 37.5 Å². The molecule has 0 bridgehead atoms. The molecule has 0 unspecified atom stereocenters. The van der Waals surface area contributed by atoms with Crippen molar-refractivity contribution in [3.05, 3.63) is 71.6 Å². The number of carbonyl (C=O) groups is 1. The van der Waals surface area contributed by atoms with E-state index in [2.05, 4.69) is 19.9 Å².